The molecule has 3 rings (SSSR count). The summed E-state index contributed by atoms with van der Waals surface area (Å²) in [6, 6.07) is 5.08. The van der Waals surface area contributed by atoms with Crippen molar-refractivity contribution in [3.63, 3.8) is 0 Å². The molecule has 0 aliphatic carbocycles. The molecule has 0 radical (unpaired) electrons. The van der Waals surface area contributed by atoms with Crippen LogP contribution in [0, 0.1) is 0 Å². The normalized spacial score (nSPS) is 27.1. The number of nitrogens with two attached hydrogens (primary N) is 1. The van der Waals surface area contributed by atoms with Crippen molar-refractivity contribution in [3.8, 4) is 5.75 Å². The van der Waals surface area contributed by atoms with Gasteiger partial charge in [0, 0.05) is 25.6 Å². The first-order valence-corrected chi connectivity index (χ1v) is 8.46. The van der Waals surface area contributed by atoms with Crippen LogP contribution in [0.4, 0.5) is 0 Å². The summed E-state index contributed by atoms with van der Waals surface area (Å²) in [6.45, 7) is 2.95. The van der Waals surface area contributed by atoms with E-state index in [0.717, 1.165) is 30.6 Å². The Morgan fingerprint density at radius 2 is 2.20 bits per heavy atom. The Labute approximate surface area is 119 Å². The number of hydrogen-bond acceptors (Lipinski definition) is 4. The number of benzene rings is 1. The highest BCUT2D eigenvalue weighted by Crippen LogP contribution is 2.32. The maximum absolute atomic E-state index is 12.6. The van der Waals surface area contributed by atoms with Crippen LogP contribution in [0.15, 0.2) is 23.1 Å². The van der Waals surface area contributed by atoms with Crippen molar-refractivity contribution >= 4 is 10.0 Å². The molecule has 110 valence electrons. The Bertz CT molecular complexity index is 615. The molecule has 2 N–H and O–H groups in total. The molecule has 0 aromatic heterocycles. The maximum Gasteiger partial charge on any atom is 0.243 e. The summed E-state index contributed by atoms with van der Waals surface area (Å²) in [4.78, 5) is 0.350. The molecule has 2 aliphatic heterocycles. The van der Waals surface area contributed by atoms with Gasteiger partial charge in [0.25, 0.3) is 0 Å². The fourth-order valence-corrected chi connectivity index (χ4v) is 4.49. The van der Waals surface area contributed by atoms with E-state index in [-0.39, 0.29) is 12.1 Å². The third-order valence-electron chi connectivity index (χ3n) is 3.93. The van der Waals surface area contributed by atoms with Crippen LogP contribution < -0.4 is 10.5 Å². The third-order valence-corrected chi connectivity index (χ3v) is 5.79. The minimum absolute atomic E-state index is 0.0590. The molecule has 20 heavy (non-hydrogen) atoms. The Kier molecular flexibility index (Phi) is 3.48. The molecular weight excluding hydrogens is 276 g/mol. The van der Waals surface area contributed by atoms with Gasteiger partial charge in [0.1, 0.15) is 11.9 Å². The van der Waals surface area contributed by atoms with E-state index >= 15 is 0 Å². The second-order valence-electron chi connectivity index (χ2n) is 5.67. The summed E-state index contributed by atoms with van der Waals surface area (Å²) in [5.74, 6) is 0.798. The highest BCUT2D eigenvalue weighted by molar-refractivity contribution is 7.89. The van der Waals surface area contributed by atoms with Crippen molar-refractivity contribution in [3.05, 3.63) is 23.8 Å². The number of piperidine rings is 1. The Hall–Kier alpha value is -1.11. The van der Waals surface area contributed by atoms with Crippen molar-refractivity contribution in [1.29, 1.82) is 0 Å². The lowest BCUT2D eigenvalue weighted by molar-refractivity contribution is 0.254. The molecule has 0 saturated carbocycles. The minimum atomic E-state index is -3.44. The topological polar surface area (TPSA) is 72.6 Å². The van der Waals surface area contributed by atoms with E-state index in [1.807, 2.05) is 6.92 Å². The van der Waals surface area contributed by atoms with Crippen molar-refractivity contribution in [1.82, 2.24) is 4.31 Å². The van der Waals surface area contributed by atoms with Gasteiger partial charge < -0.3 is 10.5 Å². The van der Waals surface area contributed by atoms with Gasteiger partial charge in [-0.05, 0) is 43.5 Å². The zero-order chi connectivity index (χ0) is 14.3. The van der Waals surface area contributed by atoms with E-state index in [0.29, 0.717) is 18.0 Å². The predicted octanol–water partition coefficient (Wildman–Crippen LogP) is 1.12. The average Bonchev–Trinajstić information content (AvgIpc) is 2.77. The van der Waals surface area contributed by atoms with Crippen molar-refractivity contribution < 1.29 is 13.2 Å². The van der Waals surface area contributed by atoms with Gasteiger partial charge in [-0.15, -0.1) is 0 Å². The molecule has 2 unspecified atom stereocenters. The van der Waals surface area contributed by atoms with Gasteiger partial charge in [0.05, 0.1) is 4.90 Å². The van der Waals surface area contributed by atoms with Gasteiger partial charge in [0.2, 0.25) is 10.0 Å². The quantitative estimate of drug-likeness (QED) is 0.887. The summed E-state index contributed by atoms with van der Waals surface area (Å²) in [5.41, 5.74) is 6.85. The second kappa shape index (κ2) is 5.02. The van der Waals surface area contributed by atoms with Crippen molar-refractivity contribution in [2.75, 3.05) is 13.1 Å². The average molecular weight is 296 g/mol. The molecule has 2 aliphatic rings. The van der Waals surface area contributed by atoms with Gasteiger partial charge >= 0.3 is 0 Å². The van der Waals surface area contributed by atoms with Crippen LogP contribution >= 0.6 is 0 Å². The van der Waals surface area contributed by atoms with Crippen molar-refractivity contribution in [2.45, 2.75) is 43.2 Å². The summed E-state index contributed by atoms with van der Waals surface area (Å²) in [6.07, 6.45) is 2.59. The van der Waals surface area contributed by atoms with E-state index in [4.69, 9.17) is 10.5 Å². The largest absolute Gasteiger partial charge is 0.490 e. The molecule has 6 heteroatoms. The first kappa shape index (κ1) is 13.9. The maximum atomic E-state index is 12.6. The standard InChI is InChI=1S/C14H20N2O3S/c1-10-7-11-8-13(4-5-14(11)19-10)20(17,18)16-6-2-3-12(15)9-16/h4-5,8,10,12H,2-3,6-7,9,15H2,1H3. The number of rotatable bonds is 2. The van der Waals surface area contributed by atoms with Gasteiger partial charge in [-0.1, -0.05) is 0 Å². The van der Waals surface area contributed by atoms with Gasteiger partial charge in [0.15, 0.2) is 0 Å². The molecular formula is C14H20N2O3S. The smallest absolute Gasteiger partial charge is 0.243 e. The molecule has 0 bridgehead atoms. The third kappa shape index (κ3) is 2.43. The SMILES string of the molecule is CC1Cc2cc(S(=O)(=O)N3CCCC(N)C3)ccc2O1. The molecule has 5 nitrogen and oxygen atoms in total. The molecule has 1 saturated heterocycles. The van der Waals surface area contributed by atoms with E-state index in [1.54, 1.807) is 18.2 Å². The molecule has 2 heterocycles. The van der Waals surface area contributed by atoms with E-state index in [9.17, 15) is 8.42 Å². The fourth-order valence-electron chi connectivity index (χ4n) is 2.90. The van der Waals surface area contributed by atoms with Crippen LogP contribution in [0.25, 0.3) is 0 Å². The molecule has 2 atom stereocenters. The van der Waals surface area contributed by atoms with E-state index in [2.05, 4.69) is 0 Å². The summed E-state index contributed by atoms with van der Waals surface area (Å²) >= 11 is 0. The minimum Gasteiger partial charge on any atom is -0.490 e. The number of nitrogens with zero attached hydrogens (tertiary/aromatic N) is 1. The van der Waals surface area contributed by atoms with Crippen LogP contribution in [-0.2, 0) is 16.4 Å². The number of ether oxygens (including phenoxy) is 1. The lowest BCUT2D eigenvalue weighted by Gasteiger charge is -2.29. The zero-order valence-corrected chi connectivity index (χ0v) is 12.4. The number of sulfonamides is 1. The Morgan fingerprint density at radius 3 is 2.95 bits per heavy atom. The number of fused-ring (bicyclic) bond motifs is 1. The van der Waals surface area contributed by atoms with E-state index in [1.165, 1.54) is 4.31 Å². The highest BCUT2D eigenvalue weighted by Gasteiger charge is 2.30. The van der Waals surface area contributed by atoms with Crippen LogP contribution in [0.2, 0.25) is 0 Å². The molecule has 1 aromatic rings. The molecule has 1 aromatic carbocycles. The van der Waals surface area contributed by atoms with Crippen LogP contribution in [0.3, 0.4) is 0 Å². The lowest BCUT2D eigenvalue weighted by Crippen LogP contribution is -2.45. The van der Waals surface area contributed by atoms with Crippen molar-refractivity contribution in [2.24, 2.45) is 5.73 Å². The number of hydrogen-bond donors (Lipinski definition) is 1. The fraction of sp³-hybridized carbons (Fsp3) is 0.571. The zero-order valence-electron chi connectivity index (χ0n) is 11.6. The van der Waals surface area contributed by atoms with Gasteiger partial charge in [-0.2, -0.15) is 4.31 Å². The highest BCUT2D eigenvalue weighted by atomic mass is 32.2. The van der Waals surface area contributed by atoms with Gasteiger partial charge in [-0.3, -0.25) is 0 Å². The molecule has 1 fully saturated rings. The van der Waals surface area contributed by atoms with E-state index < -0.39 is 10.0 Å². The summed E-state index contributed by atoms with van der Waals surface area (Å²) in [5, 5.41) is 0. The Balaban J connectivity index is 1.90. The summed E-state index contributed by atoms with van der Waals surface area (Å²) < 4.78 is 32.4. The second-order valence-corrected chi connectivity index (χ2v) is 7.61. The van der Waals surface area contributed by atoms with Crippen LogP contribution in [0.1, 0.15) is 25.3 Å². The predicted molar refractivity (Wildman–Crippen MR) is 76.2 cm³/mol. The summed E-state index contributed by atoms with van der Waals surface area (Å²) in [7, 11) is -3.44. The molecule has 0 amide bonds. The lowest BCUT2D eigenvalue weighted by atomic mass is 10.1. The monoisotopic (exact) mass is 296 g/mol. The molecule has 0 spiro atoms. The first-order chi connectivity index (χ1) is 9.46. The van der Waals surface area contributed by atoms with Crippen LogP contribution in [-0.4, -0.2) is 38.0 Å². The Morgan fingerprint density at radius 1 is 1.40 bits per heavy atom. The first-order valence-electron chi connectivity index (χ1n) is 7.02. The van der Waals surface area contributed by atoms with Crippen LogP contribution in [0.5, 0.6) is 5.75 Å². The van der Waals surface area contributed by atoms with Gasteiger partial charge in [-0.25, -0.2) is 8.42 Å².